The van der Waals surface area contributed by atoms with Crippen molar-refractivity contribution in [2.45, 2.75) is 20.4 Å². The van der Waals surface area contributed by atoms with E-state index in [1.54, 1.807) is 6.20 Å². The largest absolute Gasteiger partial charge is 0.347 e. The molecule has 0 aliphatic heterocycles. The van der Waals surface area contributed by atoms with Crippen molar-refractivity contribution in [2.75, 3.05) is 11.4 Å². The standard InChI is InChI=1S/C21H22N4O/c1-3-25(18-7-5-4-6-8-18)20-15-22-19(14-23-20)21(26)24-13-17-11-9-16(2)10-12-17/h4-12,14-15H,3,13H2,1-2H3,(H,24,26). The molecule has 0 unspecified atom stereocenters. The van der Waals surface area contributed by atoms with Crippen LogP contribution in [0.1, 0.15) is 28.5 Å². The molecule has 132 valence electrons. The van der Waals surface area contributed by atoms with Crippen molar-refractivity contribution in [1.29, 1.82) is 0 Å². The number of rotatable bonds is 6. The molecule has 26 heavy (non-hydrogen) atoms. The van der Waals surface area contributed by atoms with Gasteiger partial charge in [0.25, 0.3) is 5.91 Å². The molecule has 0 spiro atoms. The number of nitrogens with zero attached hydrogens (tertiary/aromatic N) is 3. The molecule has 3 rings (SSSR count). The quantitative estimate of drug-likeness (QED) is 0.736. The van der Waals surface area contributed by atoms with Crippen molar-refractivity contribution in [3.05, 3.63) is 83.8 Å². The summed E-state index contributed by atoms with van der Waals surface area (Å²) in [6.07, 6.45) is 3.16. The van der Waals surface area contributed by atoms with Crippen LogP contribution in [-0.4, -0.2) is 22.4 Å². The van der Waals surface area contributed by atoms with Gasteiger partial charge in [0.15, 0.2) is 5.82 Å². The predicted molar refractivity (Wildman–Crippen MR) is 104 cm³/mol. The Morgan fingerprint density at radius 1 is 1.00 bits per heavy atom. The second-order valence-electron chi connectivity index (χ2n) is 6.01. The third-order valence-electron chi connectivity index (χ3n) is 4.11. The van der Waals surface area contributed by atoms with Crippen LogP contribution in [0.25, 0.3) is 0 Å². The molecule has 0 atom stereocenters. The fourth-order valence-electron chi connectivity index (χ4n) is 2.64. The van der Waals surface area contributed by atoms with Gasteiger partial charge in [-0.05, 0) is 31.5 Å². The molecule has 1 heterocycles. The molecule has 0 fully saturated rings. The maximum absolute atomic E-state index is 12.3. The highest BCUT2D eigenvalue weighted by molar-refractivity contribution is 5.92. The van der Waals surface area contributed by atoms with Crippen LogP contribution in [0.4, 0.5) is 11.5 Å². The molecular weight excluding hydrogens is 324 g/mol. The molecular formula is C21H22N4O. The fraction of sp³-hybridized carbons (Fsp3) is 0.190. The molecule has 1 N–H and O–H groups in total. The summed E-state index contributed by atoms with van der Waals surface area (Å²) >= 11 is 0. The van der Waals surface area contributed by atoms with Gasteiger partial charge < -0.3 is 10.2 Å². The molecule has 0 saturated carbocycles. The number of para-hydroxylation sites is 1. The van der Waals surface area contributed by atoms with Gasteiger partial charge in [0.1, 0.15) is 5.69 Å². The molecule has 0 saturated heterocycles. The van der Waals surface area contributed by atoms with E-state index in [0.717, 1.165) is 17.8 Å². The lowest BCUT2D eigenvalue weighted by molar-refractivity contribution is 0.0945. The molecule has 0 aliphatic carbocycles. The number of aryl methyl sites for hydroxylation is 1. The third-order valence-corrected chi connectivity index (χ3v) is 4.11. The van der Waals surface area contributed by atoms with Crippen LogP contribution in [0, 0.1) is 6.92 Å². The highest BCUT2D eigenvalue weighted by Gasteiger charge is 2.12. The third kappa shape index (κ3) is 4.25. The Hall–Kier alpha value is -3.21. The second kappa shape index (κ2) is 8.25. The summed E-state index contributed by atoms with van der Waals surface area (Å²) in [7, 11) is 0. The summed E-state index contributed by atoms with van der Waals surface area (Å²) in [6.45, 7) is 5.32. The smallest absolute Gasteiger partial charge is 0.271 e. The van der Waals surface area contributed by atoms with Crippen LogP contribution < -0.4 is 10.2 Å². The van der Waals surface area contributed by atoms with Crippen molar-refractivity contribution in [1.82, 2.24) is 15.3 Å². The van der Waals surface area contributed by atoms with Gasteiger partial charge in [-0.2, -0.15) is 0 Å². The summed E-state index contributed by atoms with van der Waals surface area (Å²) in [5, 5.41) is 2.87. The molecule has 2 aromatic carbocycles. The Labute approximate surface area is 153 Å². The maximum Gasteiger partial charge on any atom is 0.271 e. The first-order valence-electron chi connectivity index (χ1n) is 8.65. The van der Waals surface area contributed by atoms with E-state index < -0.39 is 0 Å². The van der Waals surface area contributed by atoms with E-state index in [1.807, 2.05) is 66.4 Å². The molecule has 0 aliphatic rings. The van der Waals surface area contributed by atoms with Gasteiger partial charge >= 0.3 is 0 Å². The first kappa shape index (κ1) is 17.6. The van der Waals surface area contributed by atoms with Gasteiger partial charge in [-0.3, -0.25) is 4.79 Å². The minimum atomic E-state index is -0.229. The van der Waals surface area contributed by atoms with Gasteiger partial charge in [0.05, 0.1) is 12.4 Å². The lowest BCUT2D eigenvalue weighted by Crippen LogP contribution is -2.24. The van der Waals surface area contributed by atoms with E-state index in [2.05, 4.69) is 22.2 Å². The predicted octanol–water partition coefficient (Wildman–Crippen LogP) is 3.87. The first-order valence-corrected chi connectivity index (χ1v) is 8.65. The number of carbonyl (C=O) groups excluding carboxylic acids is 1. The van der Waals surface area contributed by atoms with Crippen molar-refractivity contribution in [3.63, 3.8) is 0 Å². The zero-order valence-corrected chi connectivity index (χ0v) is 15.0. The normalized spacial score (nSPS) is 10.4. The second-order valence-corrected chi connectivity index (χ2v) is 6.01. The molecule has 1 aromatic heterocycles. The number of hydrogen-bond acceptors (Lipinski definition) is 4. The van der Waals surface area contributed by atoms with Crippen molar-refractivity contribution in [3.8, 4) is 0 Å². The Morgan fingerprint density at radius 3 is 2.35 bits per heavy atom. The average molecular weight is 346 g/mol. The van der Waals surface area contributed by atoms with Gasteiger partial charge in [0.2, 0.25) is 0 Å². The number of aromatic nitrogens is 2. The fourth-order valence-corrected chi connectivity index (χ4v) is 2.64. The van der Waals surface area contributed by atoms with Crippen LogP contribution in [0.2, 0.25) is 0 Å². The highest BCUT2D eigenvalue weighted by Crippen LogP contribution is 2.21. The highest BCUT2D eigenvalue weighted by atomic mass is 16.1. The summed E-state index contributed by atoms with van der Waals surface area (Å²) in [5.74, 6) is 0.487. The summed E-state index contributed by atoms with van der Waals surface area (Å²) in [5.41, 5.74) is 3.60. The summed E-state index contributed by atoms with van der Waals surface area (Å²) in [4.78, 5) is 23.0. The molecule has 3 aromatic rings. The summed E-state index contributed by atoms with van der Waals surface area (Å²) in [6, 6.07) is 18.0. The SMILES string of the molecule is CCN(c1ccccc1)c1cnc(C(=O)NCc2ccc(C)cc2)cn1. The van der Waals surface area contributed by atoms with Crippen molar-refractivity contribution < 1.29 is 4.79 Å². The van der Waals surface area contributed by atoms with E-state index >= 15 is 0 Å². The van der Waals surface area contributed by atoms with E-state index in [-0.39, 0.29) is 5.91 Å². The lowest BCUT2D eigenvalue weighted by atomic mass is 10.1. The zero-order chi connectivity index (χ0) is 18.4. The number of anilines is 2. The van der Waals surface area contributed by atoms with Crippen LogP contribution in [0.3, 0.4) is 0 Å². The van der Waals surface area contributed by atoms with Gasteiger partial charge in [-0.15, -0.1) is 0 Å². The maximum atomic E-state index is 12.3. The van der Waals surface area contributed by atoms with E-state index in [9.17, 15) is 4.79 Å². The van der Waals surface area contributed by atoms with Crippen LogP contribution in [-0.2, 0) is 6.54 Å². The lowest BCUT2D eigenvalue weighted by Gasteiger charge is -2.21. The molecule has 5 nitrogen and oxygen atoms in total. The molecule has 5 heteroatoms. The minimum absolute atomic E-state index is 0.229. The number of benzene rings is 2. The number of carbonyl (C=O) groups is 1. The average Bonchev–Trinajstić information content (AvgIpc) is 2.69. The Kier molecular flexibility index (Phi) is 5.59. The Bertz CT molecular complexity index is 845. The Morgan fingerprint density at radius 2 is 1.73 bits per heavy atom. The van der Waals surface area contributed by atoms with Gasteiger partial charge in [-0.25, -0.2) is 9.97 Å². The summed E-state index contributed by atoms with van der Waals surface area (Å²) < 4.78 is 0. The van der Waals surface area contributed by atoms with Crippen molar-refractivity contribution >= 4 is 17.4 Å². The van der Waals surface area contributed by atoms with Gasteiger partial charge in [0, 0.05) is 18.8 Å². The van der Waals surface area contributed by atoms with E-state index in [4.69, 9.17) is 0 Å². The van der Waals surface area contributed by atoms with Crippen LogP contribution in [0.15, 0.2) is 67.0 Å². The monoisotopic (exact) mass is 346 g/mol. The minimum Gasteiger partial charge on any atom is -0.347 e. The van der Waals surface area contributed by atoms with Crippen LogP contribution in [0.5, 0.6) is 0 Å². The molecule has 1 amide bonds. The molecule has 0 radical (unpaired) electrons. The van der Waals surface area contributed by atoms with Crippen LogP contribution >= 0.6 is 0 Å². The number of hydrogen-bond donors (Lipinski definition) is 1. The molecule has 0 bridgehead atoms. The zero-order valence-electron chi connectivity index (χ0n) is 15.0. The number of nitrogens with one attached hydrogen (secondary N) is 1. The van der Waals surface area contributed by atoms with Gasteiger partial charge in [-0.1, -0.05) is 48.0 Å². The first-order chi connectivity index (χ1) is 12.7. The van der Waals surface area contributed by atoms with Crippen molar-refractivity contribution in [2.24, 2.45) is 0 Å². The topological polar surface area (TPSA) is 58.1 Å². The van der Waals surface area contributed by atoms with E-state index in [1.165, 1.54) is 11.8 Å². The Balaban J connectivity index is 1.66. The van der Waals surface area contributed by atoms with E-state index in [0.29, 0.717) is 18.1 Å². The number of amides is 1.